The number of methoxy groups -OCH3 is 1. The molecule has 0 saturated carbocycles. The molecule has 1 heterocycles. The van der Waals surface area contributed by atoms with Crippen LogP contribution in [0.5, 0.6) is 0 Å². The van der Waals surface area contributed by atoms with Crippen LogP contribution >= 0.6 is 0 Å². The Morgan fingerprint density at radius 2 is 1.80 bits per heavy atom. The number of nitrogens with zero attached hydrogens (tertiary/aromatic N) is 3. The van der Waals surface area contributed by atoms with Gasteiger partial charge in [0.05, 0.1) is 24.5 Å². The van der Waals surface area contributed by atoms with Crippen molar-refractivity contribution in [3.63, 3.8) is 0 Å². The highest BCUT2D eigenvalue weighted by atomic mass is 16.5. The van der Waals surface area contributed by atoms with Gasteiger partial charge in [-0.05, 0) is 25.6 Å². The molecule has 0 bridgehead atoms. The van der Waals surface area contributed by atoms with Crippen LogP contribution < -0.4 is 10.6 Å². The summed E-state index contributed by atoms with van der Waals surface area (Å²) in [5.74, 6) is 0.279. The summed E-state index contributed by atoms with van der Waals surface area (Å²) in [6.07, 6.45) is 0.756. The van der Waals surface area contributed by atoms with E-state index in [0.717, 1.165) is 17.8 Å². The number of benzene rings is 1. The molecule has 0 aliphatic carbocycles. The van der Waals surface area contributed by atoms with Gasteiger partial charge in [0.25, 0.3) is 0 Å². The second kappa shape index (κ2) is 10.9. The molecule has 0 spiro atoms. The number of carbonyl (C=O) groups is 2. The molecule has 2 N–H and O–H groups in total. The van der Waals surface area contributed by atoms with Crippen molar-refractivity contribution in [2.45, 2.75) is 32.6 Å². The van der Waals surface area contributed by atoms with Gasteiger partial charge in [0.2, 0.25) is 11.8 Å². The SMILES string of the molecule is COCCCNC(=O)CN(C)CC(=O)Nc1cc(C(C)(C)C)nn1-c1ccccc1. The molecule has 2 amide bonds. The van der Waals surface area contributed by atoms with Gasteiger partial charge in [-0.15, -0.1) is 0 Å². The fourth-order valence-electron chi connectivity index (χ4n) is 2.83. The summed E-state index contributed by atoms with van der Waals surface area (Å²) in [6, 6.07) is 11.6. The number of likely N-dealkylation sites (N-methyl/N-ethyl adjacent to an activating group) is 1. The topological polar surface area (TPSA) is 88.5 Å². The predicted octanol–water partition coefficient (Wildman–Crippen LogP) is 2.19. The van der Waals surface area contributed by atoms with E-state index in [2.05, 4.69) is 31.4 Å². The third kappa shape index (κ3) is 7.27. The number of hydrogen-bond donors (Lipinski definition) is 2. The lowest BCUT2D eigenvalue weighted by molar-refractivity contribution is -0.123. The molecule has 2 aromatic rings. The van der Waals surface area contributed by atoms with Crippen LogP contribution in [0.2, 0.25) is 0 Å². The van der Waals surface area contributed by atoms with Crippen molar-refractivity contribution >= 4 is 17.6 Å². The van der Waals surface area contributed by atoms with Crippen molar-refractivity contribution in [3.8, 4) is 5.69 Å². The summed E-state index contributed by atoms with van der Waals surface area (Å²) in [5, 5.41) is 10.4. The smallest absolute Gasteiger partial charge is 0.239 e. The number of nitrogens with one attached hydrogen (secondary N) is 2. The van der Waals surface area contributed by atoms with Crippen LogP contribution in [0.15, 0.2) is 36.4 Å². The summed E-state index contributed by atoms with van der Waals surface area (Å²) in [4.78, 5) is 26.2. The standard InChI is InChI=1S/C22H33N5O3/c1-22(2,3)18-14-19(27(25-18)17-10-7-6-8-11-17)24-21(29)16-26(4)15-20(28)23-12-9-13-30-5/h6-8,10-11,14H,9,12-13,15-16H2,1-5H3,(H,23,28)(H,24,29). The van der Waals surface area contributed by atoms with Gasteiger partial charge in [-0.25, -0.2) is 4.68 Å². The van der Waals surface area contributed by atoms with Gasteiger partial charge in [0.15, 0.2) is 0 Å². The Kier molecular flexibility index (Phi) is 8.56. The molecular formula is C22H33N5O3. The van der Waals surface area contributed by atoms with E-state index in [9.17, 15) is 9.59 Å². The van der Waals surface area contributed by atoms with Crippen LogP contribution in [0.4, 0.5) is 5.82 Å². The first-order valence-corrected chi connectivity index (χ1v) is 10.1. The molecule has 0 unspecified atom stereocenters. The van der Waals surface area contributed by atoms with Gasteiger partial charge in [0.1, 0.15) is 5.82 Å². The second-order valence-electron chi connectivity index (χ2n) is 8.33. The Balaban J connectivity index is 2.00. The second-order valence-corrected chi connectivity index (χ2v) is 8.33. The van der Waals surface area contributed by atoms with Crippen LogP contribution in [-0.4, -0.2) is 66.9 Å². The molecule has 0 fully saturated rings. The summed E-state index contributed by atoms with van der Waals surface area (Å²) < 4.78 is 6.69. The minimum atomic E-state index is -0.206. The maximum atomic E-state index is 12.6. The van der Waals surface area contributed by atoms with E-state index in [1.54, 1.807) is 23.7 Å². The molecule has 0 aliphatic heterocycles. The molecule has 2 rings (SSSR count). The van der Waals surface area contributed by atoms with E-state index in [0.29, 0.717) is 19.0 Å². The molecule has 8 nitrogen and oxygen atoms in total. The van der Waals surface area contributed by atoms with Crippen LogP contribution in [-0.2, 0) is 19.7 Å². The lowest BCUT2D eigenvalue weighted by atomic mass is 9.92. The maximum absolute atomic E-state index is 12.6. The van der Waals surface area contributed by atoms with Crippen LogP contribution in [0.3, 0.4) is 0 Å². The summed E-state index contributed by atoms with van der Waals surface area (Å²) in [7, 11) is 3.37. The molecule has 1 aromatic carbocycles. The first-order chi connectivity index (χ1) is 14.2. The first kappa shape index (κ1) is 23.6. The fraction of sp³-hybridized carbons (Fsp3) is 0.500. The fourth-order valence-corrected chi connectivity index (χ4v) is 2.83. The quantitative estimate of drug-likeness (QED) is 0.581. The summed E-state index contributed by atoms with van der Waals surface area (Å²) in [6.45, 7) is 7.63. The predicted molar refractivity (Wildman–Crippen MR) is 118 cm³/mol. The van der Waals surface area contributed by atoms with Crippen molar-refractivity contribution in [3.05, 3.63) is 42.1 Å². The lowest BCUT2D eigenvalue weighted by Crippen LogP contribution is -2.39. The average Bonchev–Trinajstić information content (AvgIpc) is 3.10. The van der Waals surface area contributed by atoms with Gasteiger partial charge in [-0.2, -0.15) is 5.10 Å². The van der Waals surface area contributed by atoms with Crippen LogP contribution in [0, 0.1) is 0 Å². The van der Waals surface area contributed by atoms with Crippen molar-refractivity contribution in [2.75, 3.05) is 45.7 Å². The van der Waals surface area contributed by atoms with E-state index < -0.39 is 0 Å². The molecule has 0 radical (unpaired) electrons. The number of amides is 2. The highest BCUT2D eigenvalue weighted by Gasteiger charge is 2.22. The zero-order chi connectivity index (χ0) is 22.1. The minimum absolute atomic E-state index is 0.0936. The molecule has 0 aliphatic rings. The van der Waals surface area contributed by atoms with E-state index in [1.807, 2.05) is 36.4 Å². The van der Waals surface area contributed by atoms with Gasteiger partial charge < -0.3 is 15.4 Å². The molecule has 0 saturated heterocycles. The molecule has 8 heteroatoms. The van der Waals surface area contributed by atoms with E-state index in [1.165, 1.54) is 0 Å². The largest absolute Gasteiger partial charge is 0.385 e. The lowest BCUT2D eigenvalue weighted by Gasteiger charge is -2.16. The third-order valence-electron chi connectivity index (χ3n) is 4.42. The van der Waals surface area contributed by atoms with Crippen molar-refractivity contribution in [1.29, 1.82) is 0 Å². The molecule has 164 valence electrons. The number of para-hydroxylation sites is 1. The van der Waals surface area contributed by atoms with Gasteiger partial charge in [-0.3, -0.25) is 14.5 Å². The molecular weight excluding hydrogens is 382 g/mol. The molecule has 1 aromatic heterocycles. The summed E-state index contributed by atoms with van der Waals surface area (Å²) >= 11 is 0. The van der Waals surface area contributed by atoms with Crippen molar-refractivity contribution < 1.29 is 14.3 Å². The van der Waals surface area contributed by atoms with E-state index in [4.69, 9.17) is 9.84 Å². The summed E-state index contributed by atoms with van der Waals surface area (Å²) in [5.41, 5.74) is 1.59. The number of anilines is 1. The highest BCUT2D eigenvalue weighted by Crippen LogP contribution is 2.26. The Bertz CT molecular complexity index is 827. The van der Waals surface area contributed by atoms with E-state index >= 15 is 0 Å². The zero-order valence-electron chi connectivity index (χ0n) is 18.6. The third-order valence-corrected chi connectivity index (χ3v) is 4.42. The zero-order valence-corrected chi connectivity index (χ0v) is 18.6. The van der Waals surface area contributed by atoms with Gasteiger partial charge >= 0.3 is 0 Å². The Labute approximate surface area is 178 Å². The van der Waals surface area contributed by atoms with Crippen LogP contribution in [0.25, 0.3) is 5.69 Å². The van der Waals surface area contributed by atoms with Gasteiger partial charge in [-0.1, -0.05) is 39.0 Å². The monoisotopic (exact) mass is 415 g/mol. The number of hydrogen-bond acceptors (Lipinski definition) is 5. The number of ether oxygens (including phenoxy) is 1. The maximum Gasteiger partial charge on any atom is 0.239 e. The van der Waals surface area contributed by atoms with Crippen molar-refractivity contribution in [2.24, 2.45) is 0 Å². The number of rotatable bonds is 10. The number of carbonyl (C=O) groups excluding carboxylic acids is 2. The van der Waals surface area contributed by atoms with Crippen LogP contribution in [0.1, 0.15) is 32.9 Å². The Morgan fingerprint density at radius 1 is 1.13 bits per heavy atom. The van der Waals surface area contributed by atoms with Gasteiger partial charge in [0, 0.05) is 31.7 Å². The number of aromatic nitrogens is 2. The minimum Gasteiger partial charge on any atom is -0.385 e. The Morgan fingerprint density at radius 3 is 2.43 bits per heavy atom. The highest BCUT2D eigenvalue weighted by molar-refractivity contribution is 5.92. The first-order valence-electron chi connectivity index (χ1n) is 10.1. The Hall–Kier alpha value is -2.71. The van der Waals surface area contributed by atoms with Crippen molar-refractivity contribution in [1.82, 2.24) is 20.0 Å². The molecule has 30 heavy (non-hydrogen) atoms. The average molecular weight is 416 g/mol. The van der Waals surface area contributed by atoms with E-state index in [-0.39, 0.29) is 30.3 Å². The molecule has 0 atom stereocenters. The normalized spacial score (nSPS) is 11.5.